The number of hydrogen-bond acceptors (Lipinski definition) is 1. The first-order valence-corrected chi connectivity index (χ1v) is 3.96. The van der Waals surface area contributed by atoms with E-state index in [9.17, 15) is 4.39 Å². The third kappa shape index (κ3) is 1.09. The first-order chi connectivity index (χ1) is 5.77. The van der Waals surface area contributed by atoms with Crippen LogP contribution >= 0.6 is 0 Å². The zero-order chi connectivity index (χ0) is 8.55. The van der Waals surface area contributed by atoms with Gasteiger partial charge in [0.15, 0.2) is 0 Å². The van der Waals surface area contributed by atoms with Gasteiger partial charge in [-0.15, -0.1) is 0 Å². The zero-order valence-electron chi connectivity index (χ0n) is 6.89. The Morgan fingerprint density at radius 3 is 3.08 bits per heavy atom. The fraction of sp³-hybridized carbons (Fsp3) is 0.200. The van der Waals surface area contributed by atoms with Crippen LogP contribution in [0.5, 0.6) is 0 Å². The minimum Gasteiger partial charge on any atom is -0.387 e. The molecule has 0 radical (unpaired) electrons. The quantitative estimate of drug-likeness (QED) is 0.618. The maximum Gasteiger partial charge on any atom is 0.126 e. The van der Waals surface area contributed by atoms with Gasteiger partial charge in [0.05, 0.1) is 0 Å². The summed E-state index contributed by atoms with van der Waals surface area (Å²) in [4.78, 5) is 0. The summed E-state index contributed by atoms with van der Waals surface area (Å²) in [6, 6.07) is 3.48. The molecule has 1 nitrogen and oxygen atoms in total. The van der Waals surface area contributed by atoms with E-state index in [1.54, 1.807) is 13.0 Å². The van der Waals surface area contributed by atoms with E-state index < -0.39 is 0 Å². The summed E-state index contributed by atoms with van der Waals surface area (Å²) in [5, 5.41) is 3.08. The van der Waals surface area contributed by atoms with Gasteiger partial charge in [-0.2, -0.15) is 0 Å². The normalized spacial score (nSPS) is 13.8. The van der Waals surface area contributed by atoms with Crippen LogP contribution in [0, 0.1) is 12.7 Å². The lowest BCUT2D eigenvalue weighted by molar-refractivity contribution is 0.616. The Balaban J connectivity index is 2.58. The van der Waals surface area contributed by atoms with Crippen molar-refractivity contribution < 1.29 is 4.39 Å². The third-order valence-corrected chi connectivity index (χ3v) is 2.09. The molecule has 0 fully saturated rings. The highest BCUT2D eigenvalue weighted by atomic mass is 19.1. The van der Waals surface area contributed by atoms with E-state index in [1.165, 1.54) is 0 Å². The maximum atomic E-state index is 13.1. The highest BCUT2D eigenvalue weighted by Gasteiger charge is 2.06. The minimum atomic E-state index is -0.125. The SMILES string of the molecule is Cc1cc2c(cc1F)C=CNC2. The van der Waals surface area contributed by atoms with Crippen molar-refractivity contribution in [3.8, 4) is 0 Å². The van der Waals surface area contributed by atoms with Crippen molar-refractivity contribution in [1.29, 1.82) is 0 Å². The standard InChI is InChI=1S/C10H10FN/c1-7-4-9-6-12-3-2-8(9)5-10(7)11/h2-5,12H,6H2,1H3. The van der Waals surface area contributed by atoms with Gasteiger partial charge in [-0.05, 0) is 42.0 Å². The summed E-state index contributed by atoms with van der Waals surface area (Å²) in [6.45, 7) is 2.58. The second-order valence-electron chi connectivity index (χ2n) is 3.01. The van der Waals surface area contributed by atoms with Crippen molar-refractivity contribution in [1.82, 2.24) is 5.32 Å². The molecular formula is C10H10FN. The zero-order valence-corrected chi connectivity index (χ0v) is 6.89. The summed E-state index contributed by atoms with van der Waals surface area (Å²) >= 11 is 0. The van der Waals surface area contributed by atoms with Crippen molar-refractivity contribution in [2.24, 2.45) is 0 Å². The first-order valence-electron chi connectivity index (χ1n) is 3.96. The van der Waals surface area contributed by atoms with Gasteiger partial charge in [0.2, 0.25) is 0 Å². The van der Waals surface area contributed by atoms with Gasteiger partial charge in [-0.3, -0.25) is 0 Å². The number of nitrogens with one attached hydrogen (secondary N) is 1. The Morgan fingerprint density at radius 1 is 1.42 bits per heavy atom. The van der Waals surface area contributed by atoms with Crippen LogP contribution in [-0.2, 0) is 6.54 Å². The van der Waals surface area contributed by atoms with Crippen LogP contribution in [0.25, 0.3) is 6.08 Å². The van der Waals surface area contributed by atoms with E-state index in [-0.39, 0.29) is 5.82 Å². The lowest BCUT2D eigenvalue weighted by atomic mass is 10.0. The maximum absolute atomic E-state index is 13.1. The van der Waals surface area contributed by atoms with Gasteiger partial charge in [-0.25, -0.2) is 4.39 Å². The molecule has 0 atom stereocenters. The Kier molecular flexibility index (Phi) is 1.61. The third-order valence-electron chi connectivity index (χ3n) is 2.09. The summed E-state index contributed by atoms with van der Waals surface area (Å²) in [5.74, 6) is -0.125. The summed E-state index contributed by atoms with van der Waals surface area (Å²) < 4.78 is 13.1. The molecule has 1 heterocycles. The fourth-order valence-electron chi connectivity index (χ4n) is 1.38. The summed E-state index contributed by atoms with van der Waals surface area (Å²) in [7, 11) is 0. The number of aryl methyl sites for hydroxylation is 1. The van der Waals surface area contributed by atoms with Gasteiger partial charge >= 0.3 is 0 Å². The van der Waals surface area contributed by atoms with E-state index >= 15 is 0 Å². The van der Waals surface area contributed by atoms with E-state index in [0.717, 1.165) is 17.7 Å². The predicted octanol–water partition coefficient (Wildman–Crippen LogP) is 2.21. The fourth-order valence-corrected chi connectivity index (χ4v) is 1.38. The summed E-state index contributed by atoms with van der Waals surface area (Å²) in [6.07, 6.45) is 3.73. The van der Waals surface area contributed by atoms with Gasteiger partial charge < -0.3 is 5.32 Å². The molecule has 2 heteroatoms. The molecule has 1 aliphatic rings. The molecular weight excluding hydrogens is 153 g/mol. The average molecular weight is 163 g/mol. The molecule has 0 saturated heterocycles. The van der Waals surface area contributed by atoms with Gasteiger partial charge in [0.25, 0.3) is 0 Å². The monoisotopic (exact) mass is 163 g/mol. The van der Waals surface area contributed by atoms with Crippen LogP contribution in [0.2, 0.25) is 0 Å². The van der Waals surface area contributed by atoms with Gasteiger partial charge in [0.1, 0.15) is 5.82 Å². The van der Waals surface area contributed by atoms with E-state index in [1.807, 2.05) is 18.3 Å². The molecule has 12 heavy (non-hydrogen) atoms. The predicted molar refractivity (Wildman–Crippen MR) is 47.0 cm³/mol. The number of fused-ring (bicyclic) bond motifs is 1. The summed E-state index contributed by atoms with van der Waals surface area (Å²) in [5.41, 5.74) is 2.86. The van der Waals surface area contributed by atoms with Crippen LogP contribution in [0.15, 0.2) is 18.3 Å². The molecule has 0 spiro atoms. The van der Waals surface area contributed by atoms with Crippen molar-refractivity contribution in [2.75, 3.05) is 0 Å². The van der Waals surface area contributed by atoms with Crippen LogP contribution in [0.1, 0.15) is 16.7 Å². The number of benzene rings is 1. The highest BCUT2D eigenvalue weighted by Crippen LogP contribution is 2.18. The van der Waals surface area contributed by atoms with Crippen molar-refractivity contribution in [3.63, 3.8) is 0 Å². The Labute approximate surface area is 70.9 Å². The number of halogens is 1. The molecule has 0 aromatic heterocycles. The van der Waals surface area contributed by atoms with Crippen LogP contribution in [0.4, 0.5) is 4.39 Å². The number of rotatable bonds is 0. The largest absolute Gasteiger partial charge is 0.387 e. The highest BCUT2D eigenvalue weighted by molar-refractivity contribution is 5.56. The molecule has 0 aliphatic carbocycles. The van der Waals surface area contributed by atoms with E-state index in [0.29, 0.717) is 5.56 Å². The molecule has 1 aliphatic heterocycles. The van der Waals surface area contributed by atoms with Crippen molar-refractivity contribution >= 4 is 6.08 Å². The van der Waals surface area contributed by atoms with Crippen LogP contribution in [-0.4, -0.2) is 0 Å². The lowest BCUT2D eigenvalue weighted by Gasteiger charge is -2.12. The molecule has 0 amide bonds. The molecule has 2 rings (SSSR count). The molecule has 0 saturated carbocycles. The lowest BCUT2D eigenvalue weighted by Crippen LogP contribution is -2.10. The second kappa shape index (κ2) is 2.63. The molecule has 62 valence electrons. The van der Waals surface area contributed by atoms with Gasteiger partial charge in [-0.1, -0.05) is 6.07 Å². The van der Waals surface area contributed by atoms with Gasteiger partial charge in [0, 0.05) is 6.54 Å². The average Bonchev–Trinajstić information content (AvgIpc) is 2.07. The Hall–Kier alpha value is -1.31. The Morgan fingerprint density at radius 2 is 2.25 bits per heavy atom. The number of hydrogen-bond donors (Lipinski definition) is 1. The Bertz CT molecular complexity index is 342. The molecule has 1 N–H and O–H groups in total. The van der Waals surface area contributed by atoms with Crippen LogP contribution < -0.4 is 5.32 Å². The van der Waals surface area contributed by atoms with Crippen molar-refractivity contribution in [3.05, 3.63) is 40.8 Å². The second-order valence-corrected chi connectivity index (χ2v) is 3.01. The topological polar surface area (TPSA) is 12.0 Å². The van der Waals surface area contributed by atoms with Crippen molar-refractivity contribution in [2.45, 2.75) is 13.5 Å². The smallest absolute Gasteiger partial charge is 0.126 e. The van der Waals surface area contributed by atoms with E-state index in [4.69, 9.17) is 0 Å². The molecule has 1 aromatic carbocycles. The minimum absolute atomic E-state index is 0.125. The van der Waals surface area contributed by atoms with Crippen LogP contribution in [0.3, 0.4) is 0 Å². The molecule has 0 bridgehead atoms. The first kappa shape index (κ1) is 7.35. The van der Waals surface area contributed by atoms with E-state index in [2.05, 4.69) is 5.32 Å². The molecule has 0 unspecified atom stereocenters. The molecule has 1 aromatic rings.